The SMILES string of the molecule is CC(C)C(=O)O[C@H]1[C@H](c2ccc3c(N)ncnn23)O[C@](C#N)(CO[P@@](=O)(N[C@@H](C)C(=O)O[C@H]2CCOC2)Oc2ccccc2)[C@H]1OC(=O)C(C)C.CC(C)C(=O)O[C@H]1[C@H](c2ccc3c(N)ncnn23)O[C@](C#N)(CO[P@](=O)(N[C@@H](C)C(=O)O[C@H]2CCOC2)Oc2ccccc2)[C@H]1OC(=O)C(C)C. The molecular weight excluding hydrogens is 1370 g/mol. The number of benzene rings is 2. The van der Waals surface area contributed by atoms with Crippen LogP contribution in [0.1, 0.15) is 106 Å². The Morgan fingerprint density at radius 1 is 0.529 bits per heavy atom. The number of nitrogens with two attached hydrogens (primary N) is 2. The molecule has 0 bridgehead atoms. The van der Waals surface area contributed by atoms with Crippen LogP contribution in [-0.4, -0.2) is 165 Å². The van der Waals surface area contributed by atoms with Crippen molar-refractivity contribution in [3.63, 3.8) is 0 Å². The highest BCUT2D eigenvalue weighted by atomic mass is 31.2. The molecule has 4 aromatic heterocycles. The van der Waals surface area contributed by atoms with Gasteiger partial charge < -0.3 is 67.9 Å². The number of ether oxygens (including phenoxy) is 10. The number of rotatable bonds is 28. The number of nitriles is 2. The van der Waals surface area contributed by atoms with Crippen LogP contribution in [0.4, 0.5) is 11.6 Å². The number of fused-ring (bicyclic) bond motifs is 2. The molecule has 0 unspecified atom stereocenters. The van der Waals surface area contributed by atoms with Crippen LogP contribution in [-0.2, 0) is 94.3 Å². The van der Waals surface area contributed by atoms with Crippen molar-refractivity contribution in [1.82, 2.24) is 39.4 Å². The molecule has 0 radical (unpaired) electrons. The van der Waals surface area contributed by atoms with E-state index in [2.05, 4.69) is 30.3 Å². The Labute approximate surface area is 586 Å². The van der Waals surface area contributed by atoms with E-state index in [0.29, 0.717) is 37.1 Å². The van der Waals surface area contributed by atoms with Gasteiger partial charge in [0, 0.05) is 12.8 Å². The van der Waals surface area contributed by atoms with Gasteiger partial charge >= 0.3 is 51.3 Å². The maximum Gasteiger partial charge on any atom is 0.459 e. The molecule has 6 aromatic rings. The number of hydrogen-bond acceptors (Lipinski definition) is 30. The monoisotopic (exact) mass is 1460 g/mol. The normalized spacial score (nSPS) is 24.9. The number of aromatic nitrogens is 6. The fourth-order valence-corrected chi connectivity index (χ4v) is 13.7. The third-order valence-corrected chi connectivity index (χ3v) is 19.5. The Morgan fingerprint density at radius 3 is 1.21 bits per heavy atom. The highest BCUT2D eigenvalue weighted by molar-refractivity contribution is 7.52. The molecule has 0 spiro atoms. The molecule has 0 saturated carbocycles. The maximum atomic E-state index is 14.5. The third kappa shape index (κ3) is 18.2. The van der Waals surface area contributed by atoms with Crippen molar-refractivity contribution in [1.29, 1.82) is 10.5 Å². The van der Waals surface area contributed by atoms with E-state index in [1.165, 1.54) is 59.8 Å². The molecule has 2 aromatic carbocycles. The maximum absolute atomic E-state index is 14.5. The summed E-state index contributed by atoms with van der Waals surface area (Å²) in [6, 6.07) is 24.0. The largest absolute Gasteiger partial charge is 0.459 e. The molecule has 0 aliphatic carbocycles. The third-order valence-electron chi connectivity index (χ3n) is 16.2. The Balaban J connectivity index is 0.000000237. The number of nitrogen functional groups attached to an aromatic ring is 2. The zero-order valence-electron chi connectivity index (χ0n) is 57.6. The van der Waals surface area contributed by atoms with Gasteiger partial charge in [-0.3, -0.25) is 37.8 Å². The van der Waals surface area contributed by atoms with Gasteiger partial charge in [-0.15, -0.1) is 0 Å². The minimum absolute atomic E-state index is 0.109. The molecule has 6 N–H and O–H groups in total. The number of carbonyl (C=O) groups excluding carboxylic acids is 6. The number of para-hydroxylation sites is 2. The molecular formula is C66H82N12O22P2. The summed E-state index contributed by atoms with van der Waals surface area (Å²) in [5.41, 5.74) is 8.94. The lowest BCUT2D eigenvalue weighted by atomic mass is 9.95. The van der Waals surface area contributed by atoms with Gasteiger partial charge in [0.25, 0.3) is 0 Å². The molecule has 4 aliphatic heterocycles. The highest BCUT2D eigenvalue weighted by Gasteiger charge is 2.64. The van der Waals surface area contributed by atoms with E-state index in [9.17, 15) is 48.4 Å². The quantitative estimate of drug-likeness (QED) is 0.0228. The first kappa shape index (κ1) is 77.0. The summed E-state index contributed by atoms with van der Waals surface area (Å²) in [6.45, 7) is 15.2. The van der Waals surface area contributed by atoms with Gasteiger partial charge in [0.1, 0.15) is 97.0 Å². The van der Waals surface area contributed by atoms with Crippen LogP contribution >= 0.6 is 15.5 Å². The molecule has 14 atom stereocenters. The average Bonchev–Trinajstić information content (AvgIpc) is 1.59. The van der Waals surface area contributed by atoms with Crippen molar-refractivity contribution in [2.45, 2.75) is 154 Å². The lowest BCUT2D eigenvalue weighted by Gasteiger charge is -2.31. The second-order valence-corrected chi connectivity index (χ2v) is 28.9. The summed E-state index contributed by atoms with van der Waals surface area (Å²) in [5.74, 6) is -6.42. The van der Waals surface area contributed by atoms with E-state index in [0.717, 1.165) is 0 Å². The smallest absolute Gasteiger partial charge is 0.459 e. The first-order valence-electron chi connectivity index (χ1n) is 32.8. The molecule has 36 heteroatoms. The van der Waals surface area contributed by atoms with Crippen molar-refractivity contribution >= 4 is 74.0 Å². The highest BCUT2D eigenvalue weighted by Crippen LogP contribution is 2.52. The standard InChI is InChI=1S/2C33H41N6O11P/c2*1-19(2)30(40)47-27-26(24-11-12-25-29(35)36-18-37-39(24)25)49-33(16-34,28(27)48-31(41)20(3)4)17-45-51(43,50-22-9-7-6-8-10-22)38-21(5)32(42)46-23-13-14-44-15-23/h2*6-12,18-21,23,26-28H,13-15,17H2,1-5H3,(H,38,43)(H2,35,36,37)/t21-,23-,26-,27-,28-,33+,51+;21-,23-,26-,27-,28-,33+,51-/m00/s1. The molecule has 4 aliphatic rings. The first-order chi connectivity index (χ1) is 48.5. The lowest BCUT2D eigenvalue weighted by molar-refractivity contribution is -0.173. The van der Waals surface area contributed by atoms with Gasteiger partial charge in [0.2, 0.25) is 11.2 Å². The van der Waals surface area contributed by atoms with Crippen molar-refractivity contribution in [3.05, 3.63) is 109 Å². The van der Waals surface area contributed by atoms with Crippen molar-refractivity contribution in [3.8, 4) is 23.6 Å². The molecule has 4 fully saturated rings. The van der Waals surface area contributed by atoms with Gasteiger partial charge in [-0.2, -0.15) is 30.9 Å². The van der Waals surface area contributed by atoms with Crippen molar-refractivity contribution in [2.75, 3.05) is 51.1 Å². The lowest BCUT2D eigenvalue weighted by Crippen LogP contribution is -2.50. The van der Waals surface area contributed by atoms with E-state index in [4.69, 9.17) is 76.9 Å². The van der Waals surface area contributed by atoms with Crippen LogP contribution in [0.2, 0.25) is 0 Å². The Morgan fingerprint density at radius 2 is 0.882 bits per heavy atom. The minimum atomic E-state index is -4.58. The van der Waals surface area contributed by atoms with Crippen molar-refractivity contribution < 1.29 is 103 Å². The summed E-state index contributed by atoms with van der Waals surface area (Å²) < 4.78 is 113. The van der Waals surface area contributed by atoms with Crippen LogP contribution in [0.5, 0.6) is 11.5 Å². The summed E-state index contributed by atoms with van der Waals surface area (Å²) in [4.78, 5) is 86.5. The summed E-state index contributed by atoms with van der Waals surface area (Å²) in [5, 5.41) is 35.3. The number of esters is 6. The van der Waals surface area contributed by atoms with Gasteiger partial charge in [-0.05, 0) is 62.4 Å². The van der Waals surface area contributed by atoms with E-state index in [-0.39, 0.29) is 47.7 Å². The fraction of sp³-hybridized carbons (Fsp3) is 0.515. The predicted molar refractivity (Wildman–Crippen MR) is 355 cm³/mol. The number of nitrogens with zero attached hydrogens (tertiary/aromatic N) is 8. The van der Waals surface area contributed by atoms with Crippen LogP contribution in [0.25, 0.3) is 11.0 Å². The minimum Gasteiger partial charge on any atom is -0.459 e. The van der Waals surface area contributed by atoms with Crippen molar-refractivity contribution in [2.24, 2.45) is 23.7 Å². The molecule has 548 valence electrons. The average molecular weight is 1460 g/mol. The Kier molecular flexibility index (Phi) is 25.1. The number of hydrogen-bond donors (Lipinski definition) is 4. The number of nitrogens with one attached hydrogen (secondary N) is 2. The van der Waals surface area contributed by atoms with E-state index in [1.54, 1.807) is 116 Å². The summed E-state index contributed by atoms with van der Waals surface area (Å²) >= 11 is 0. The van der Waals surface area contributed by atoms with Crippen LogP contribution in [0.15, 0.2) is 97.6 Å². The van der Waals surface area contributed by atoms with Gasteiger partial charge in [0.05, 0.1) is 61.5 Å². The number of carbonyl (C=O) groups is 6. The molecule has 4 saturated heterocycles. The molecule has 34 nitrogen and oxygen atoms in total. The zero-order chi connectivity index (χ0) is 73.8. The van der Waals surface area contributed by atoms with Gasteiger partial charge in [-0.1, -0.05) is 91.8 Å². The Bertz CT molecular complexity index is 3880. The first-order valence-corrected chi connectivity index (χ1v) is 35.9. The van der Waals surface area contributed by atoms with Crippen LogP contribution in [0.3, 0.4) is 0 Å². The zero-order valence-corrected chi connectivity index (χ0v) is 59.4. The molecule has 8 heterocycles. The van der Waals surface area contributed by atoms with E-state index < -0.39 is 160 Å². The topological polar surface area (TPSA) is 450 Å². The number of anilines is 2. The van der Waals surface area contributed by atoms with Crippen LogP contribution in [0, 0.1) is 46.3 Å². The summed E-state index contributed by atoms with van der Waals surface area (Å²) in [6.07, 6.45) is -6.19. The van der Waals surface area contributed by atoms with Crippen LogP contribution < -0.4 is 30.7 Å². The predicted octanol–water partition coefficient (Wildman–Crippen LogP) is 6.59. The second-order valence-electron chi connectivity index (χ2n) is 25.5. The van der Waals surface area contributed by atoms with E-state index in [1.807, 2.05) is 12.1 Å². The van der Waals surface area contributed by atoms with Gasteiger partial charge in [-0.25, -0.2) is 28.1 Å². The summed E-state index contributed by atoms with van der Waals surface area (Å²) in [7, 11) is -9.15. The Hall–Kier alpha value is -9.18. The molecule has 10 rings (SSSR count). The van der Waals surface area contributed by atoms with E-state index >= 15 is 0 Å². The second kappa shape index (κ2) is 33.3. The van der Waals surface area contributed by atoms with Gasteiger partial charge in [0.15, 0.2) is 36.1 Å². The molecule has 102 heavy (non-hydrogen) atoms. The fourth-order valence-electron chi connectivity index (χ4n) is 10.6. The molecule has 0 amide bonds.